The Bertz CT molecular complexity index is 1590. The van der Waals surface area contributed by atoms with Gasteiger partial charge < -0.3 is 19.6 Å². The van der Waals surface area contributed by atoms with Gasteiger partial charge >= 0.3 is 0 Å². The second-order valence-electron chi connectivity index (χ2n) is 12.2. The van der Waals surface area contributed by atoms with Crippen LogP contribution in [0.4, 0.5) is 5.82 Å². The van der Waals surface area contributed by atoms with E-state index in [0.29, 0.717) is 42.5 Å². The highest BCUT2D eigenvalue weighted by molar-refractivity contribution is 6.30. The van der Waals surface area contributed by atoms with E-state index in [0.717, 1.165) is 11.1 Å². The smallest absolute Gasteiger partial charge is 0.254 e. The Labute approximate surface area is 268 Å². The standard InChI is InChI=1S/C35H38ClN5O4/c1-35(2,3)29-22-30(38-45-29)37-31(42)23-41(34(44)27-12-8-5-9-13-27)24-32(43)39-18-20-40(21-19-39)33(25-10-6-4-7-11-25)26-14-16-28(36)17-15-26/h4-17,22,33H,18-21,23-24H2,1-3H3,(H,37,38,42). The Morgan fingerprint density at radius 1 is 0.867 bits per heavy atom. The Morgan fingerprint density at radius 3 is 2.07 bits per heavy atom. The van der Waals surface area contributed by atoms with Crippen molar-refractivity contribution in [2.24, 2.45) is 0 Å². The van der Waals surface area contributed by atoms with Crippen molar-refractivity contribution in [3.63, 3.8) is 0 Å². The number of rotatable bonds is 9. The Kier molecular flexibility index (Phi) is 10.0. The van der Waals surface area contributed by atoms with Crippen LogP contribution in [0.1, 0.15) is 54.1 Å². The molecule has 0 aliphatic carbocycles. The van der Waals surface area contributed by atoms with Gasteiger partial charge in [0.2, 0.25) is 11.8 Å². The van der Waals surface area contributed by atoms with Gasteiger partial charge in [-0.3, -0.25) is 19.3 Å². The van der Waals surface area contributed by atoms with E-state index in [4.69, 9.17) is 16.1 Å². The minimum atomic E-state index is -0.473. The normalized spacial score (nSPS) is 14.5. The molecule has 9 nitrogen and oxygen atoms in total. The molecule has 1 aromatic heterocycles. The highest BCUT2D eigenvalue weighted by Gasteiger charge is 2.30. The van der Waals surface area contributed by atoms with Crippen LogP contribution in [0, 0.1) is 0 Å². The molecule has 4 aromatic rings. The lowest BCUT2D eigenvalue weighted by Gasteiger charge is -2.40. The van der Waals surface area contributed by atoms with Crippen LogP contribution in [-0.4, -0.2) is 76.8 Å². The molecule has 10 heteroatoms. The lowest BCUT2D eigenvalue weighted by atomic mass is 9.93. The first-order valence-corrected chi connectivity index (χ1v) is 15.4. The van der Waals surface area contributed by atoms with Gasteiger partial charge in [-0.15, -0.1) is 0 Å². The van der Waals surface area contributed by atoms with E-state index in [9.17, 15) is 14.4 Å². The third-order valence-electron chi connectivity index (χ3n) is 7.82. The van der Waals surface area contributed by atoms with Crippen molar-refractivity contribution in [1.29, 1.82) is 0 Å². The van der Waals surface area contributed by atoms with E-state index in [1.165, 1.54) is 4.90 Å². The molecule has 1 aliphatic heterocycles. The van der Waals surface area contributed by atoms with Gasteiger partial charge in [0, 0.05) is 48.2 Å². The fourth-order valence-corrected chi connectivity index (χ4v) is 5.52. The number of carbonyl (C=O) groups excluding carboxylic acids is 3. The number of piperazine rings is 1. The molecule has 3 amide bonds. The third kappa shape index (κ3) is 8.17. The Hall–Kier alpha value is -4.47. The van der Waals surface area contributed by atoms with Crippen LogP contribution in [0.15, 0.2) is 95.5 Å². The summed E-state index contributed by atoms with van der Waals surface area (Å²) in [6.07, 6.45) is 0. The minimum Gasteiger partial charge on any atom is -0.359 e. The fourth-order valence-electron chi connectivity index (χ4n) is 5.39. The fraction of sp³-hybridized carbons (Fsp3) is 0.314. The highest BCUT2D eigenvalue weighted by Crippen LogP contribution is 2.30. The number of amides is 3. The molecule has 0 radical (unpaired) electrons. The second-order valence-corrected chi connectivity index (χ2v) is 12.6. The van der Waals surface area contributed by atoms with E-state index in [2.05, 4.69) is 27.5 Å². The van der Waals surface area contributed by atoms with Gasteiger partial charge in [-0.1, -0.05) is 98.2 Å². The van der Waals surface area contributed by atoms with Crippen molar-refractivity contribution >= 4 is 35.1 Å². The van der Waals surface area contributed by atoms with Gasteiger partial charge in [-0.05, 0) is 35.4 Å². The number of carbonyl (C=O) groups is 3. The van der Waals surface area contributed by atoms with Crippen molar-refractivity contribution in [3.8, 4) is 0 Å². The quantitative estimate of drug-likeness (QED) is 0.258. The minimum absolute atomic E-state index is 0.0101. The molecule has 45 heavy (non-hydrogen) atoms. The van der Waals surface area contributed by atoms with Crippen molar-refractivity contribution in [2.75, 3.05) is 44.6 Å². The maximum Gasteiger partial charge on any atom is 0.254 e. The van der Waals surface area contributed by atoms with Crippen LogP contribution < -0.4 is 5.32 Å². The summed E-state index contributed by atoms with van der Waals surface area (Å²) < 4.78 is 5.37. The average Bonchev–Trinajstić information content (AvgIpc) is 3.52. The third-order valence-corrected chi connectivity index (χ3v) is 8.07. The molecule has 1 unspecified atom stereocenters. The summed E-state index contributed by atoms with van der Waals surface area (Å²) in [6, 6.07) is 28.5. The molecule has 1 atom stereocenters. The van der Waals surface area contributed by atoms with Crippen LogP contribution in [0.25, 0.3) is 0 Å². The molecule has 1 fully saturated rings. The first-order chi connectivity index (χ1) is 21.6. The number of nitrogens with one attached hydrogen (secondary N) is 1. The molecule has 234 valence electrons. The van der Waals surface area contributed by atoms with E-state index in [1.54, 1.807) is 35.2 Å². The molecule has 3 aromatic carbocycles. The number of hydrogen-bond donors (Lipinski definition) is 1. The van der Waals surface area contributed by atoms with Gasteiger partial charge in [0.1, 0.15) is 18.8 Å². The zero-order chi connectivity index (χ0) is 32.0. The number of anilines is 1. The molecule has 2 heterocycles. The second kappa shape index (κ2) is 14.1. The van der Waals surface area contributed by atoms with Crippen LogP contribution in [0.3, 0.4) is 0 Å². The monoisotopic (exact) mass is 627 g/mol. The number of nitrogens with zero attached hydrogens (tertiary/aromatic N) is 4. The van der Waals surface area contributed by atoms with E-state index in [1.807, 2.05) is 69.3 Å². The van der Waals surface area contributed by atoms with Crippen LogP contribution in [-0.2, 0) is 15.0 Å². The molecular weight excluding hydrogens is 590 g/mol. The number of benzene rings is 3. The summed E-state index contributed by atoms with van der Waals surface area (Å²) in [5.41, 5.74) is 2.40. The molecular formula is C35H38ClN5O4. The first-order valence-electron chi connectivity index (χ1n) is 15.0. The summed E-state index contributed by atoms with van der Waals surface area (Å²) >= 11 is 6.18. The van der Waals surface area contributed by atoms with Gasteiger partial charge in [0.15, 0.2) is 5.82 Å². The van der Waals surface area contributed by atoms with Crippen molar-refractivity contribution in [2.45, 2.75) is 32.2 Å². The summed E-state index contributed by atoms with van der Waals surface area (Å²) in [5.74, 6) is -0.214. The molecule has 1 N–H and O–H groups in total. The largest absolute Gasteiger partial charge is 0.359 e. The summed E-state index contributed by atoms with van der Waals surface area (Å²) in [7, 11) is 0. The lowest BCUT2D eigenvalue weighted by Crippen LogP contribution is -2.53. The maximum atomic E-state index is 13.6. The molecule has 0 saturated carbocycles. The molecule has 0 bridgehead atoms. The van der Waals surface area contributed by atoms with Gasteiger partial charge in [-0.25, -0.2) is 0 Å². The van der Waals surface area contributed by atoms with E-state index < -0.39 is 11.8 Å². The number of aromatic nitrogens is 1. The zero-order valence-electron chi connectivity index (χ0n) is 25.8. The van der Waals surface area contributed by atoms with Crippen LogP contribution in [0.5, 0.6) is 0 Å². The predicted molar refractivity (Wildman–Crippen MR) is 174 cm³/mol. The number of hydrogen-bond acceptors (Lipinski definition) is 6. The van der Waals surface area contributed by atoms with Crippen molar-refractivity contribution in [1.82, 2.24) is 19.9 Å². The van der Waals surface area contributed by atoms with Crippen LogP contribution >= 0.6 is 11.6 Å². The summed E-state index contributed by atoms with van der Waals surface area (Å²) in [4.78, 5) is 45.5. The SMILES string of the molecule is CC(C)(C)c1cc(NC(=O)CN(CC(=O)N2CCN(C(c3ccccc3)c3ccc(Cl)cc3)CC2)C(=O)c2ccccc2)no1. The Morgan fingerprint density at radius 2 is 1.47 bits per heavy atom. The Balaban J connectivity index is 1.26. The van der Waals surface area contributed by atoms with Crippen LogP contribution in [0.2, 0.25) is 5.02 Å². The lowest BCUT2D eigenvalue weighted by molar-refractivity contribution is -0.134. The molecule has 1 saturated heterocycles. The van der Waals surface area contributed by atoms with Gasteiger partial charge in [-0.2, -0.15) is 0 Å². The average molecular weight is 628 g/mol. The zero-order valence-corrected chi connectivity index (χ0v) is 26.5. The van der Waals surface area contributed by atoms with Gasteiger partial charge in [0.05, 0.1) is 6.04 Å². The number of halogens is 1. The van der Waals surface area contributed by atoms with E-state index in [-0.39, 0.29) is 36.3 Å². The van der Waals surface area contributed by atoms with Gasteiger partial charge in [0.25, 0.3) is 5.91 Å². The first kappa shape index (κ1) is 31.9. The molecule has 5 rings (SSSR count). The van der Waals surface area contributed by atoms with Crippen molar-refractivity contribution < 1.29 is 18.9 Å². The summed E-state index contributed by atoms with van der Waals surface area (Å²) in [6.45, 7) is 7.65. The summed E-state index contributed by atoms with van der Waals surface area (Å²) in [5, 5.41) is 7.32. The topological polar surface area (TPSA) is 99.0 Å². The molecule has 1 aliphatic rings. The molecule has 0 spiro atoms. The van der Waals surface area contributed by atoms with E-state index >= 15 is 0 Å². The van der Waals surface area contributed by atoms with Crippen molar-refractivity contribution in [3.05, 3.63) is 118 Å². The maximum absolute atomic E-state index is 13.6. The highest BCUT2D eigenvalue weighted by atomic mass is 35.5. The predicted octanol–water partition coefficient (Wildman–Crippen LogP) is 5.64.